The van der Waals surface area contributed by atoms with Gasteiger partial charge in [-0.05, 0) is 37.1 Å². The Kier molecular flexibility index (Phi) is 4.51. The van der Waals surface area contributed by atoms with Gasteiger partial charge in [-0.25, -0.2) is 0 Å². The largest absolute Gasteiger partial charge is 0.534 e. The van der Waals surface area contributed by atoms with Crippen LogP contribution in [0.4, 0.5) is 13.2 Å². The second-order valence-corrected chi connectivity index (χ2v) is 7.72. The van der Waals surface area contributed by atoms with E-state index in [2.05, 4.69) is 4.18 Å². The first-order valence-electron chi connectivity index (χ1n) is 7.74. The van der Waals surface area contributed by atoms with Crippen molar-refractivity contribution in [1.29, 1.82) is 0 Å². The van der Waals surface area contributed by atoms with E-state index >= 15 is 0 Å². The number of benzene rings is 1. The Bertz CT molecular complexity index is 1020. The lowest BCUT2D eigenvalue weighted by Crippen LogP contribution is -2.28. The van der Waals surface area contributed by atoms with E-state index in [-0.39, 0.29) is 27.9 Å². The van der Waals surface area contributed by atoms with Gasteiger partial charge in [0.15, 0.2) is 5.75 Å². The first-order valence-corrected chi connectivity index (χ1v) is 9.15. The summed E-state index contributed by atoms with van der Waals surface area (Å²) < 4.78 is 72.2. The monoisotopic (exact) mass is 391 g/mol. The lowest BCUT2D eigenvalue weighted by atomic mass is 9.96. The summed E-state index contributed by atoms with van der Waals surface area (Å²) in [5.41, 5.74) is -4.78. The molecule has 1 aromatic heterocycles. The summed E-state index contributed by atoms with van der Waals surface area (Å²) in [6, 6.07) is 4.26. The molecule has 0 bridgehead atoms. The zero-order chi connectivity index (χ0) is 19.3. The highest BCUT2D eigenvalue weighted by Crippen LogP contribution is 2.36. The molecule has 0 radical (unpaired) electrons. The number of alkyl halides is 3. The molecule has 0 aliphatic carbocycles. The molecule has 3 rings (SSSR count). The smallest absolute Gasteiger partial charge is 0.381 e. The van der Waals surface area contributed by atoms with E-state index in [0.29, 0.717) is 25.2 Å². The Balaban J connectivity index is 2.27. The maximum Gasteiger partial charge on any atom is 0.534 e. The van der Waals surface area contributed by atoms with Gasteiger partial charge in [0.2, 0.25) is 0 Å². The van der Waals surface area contributed by atoms with E-state index in [1.807, 2.05) is 0 Å². The van der Waals surface area contributed by atoms with Crippen molar-refractivity contribution in [2.75, 3.05) is 13.2 Å². The van der Waals surface area contributed by atoms with Gasteiger partial charge in [0.25, 0.3) is 5.56 Å². The van der Waals surface area contributed by atoms with E-state index in [0.717, 1.165) is 0 Å². The summed E-state index contributed by atoms with van der Waals surface area (Å²) in [5.74, 6) is -0.577. The summed E-state index contributed by atoms with van der Waals surface area (Å²) in [4.78, 5) is 12.2. The molecule has 6 nitrogen and oxygen atoms in total. The van der Waals surface area contributed by atoms with Crippen LogP contribution < -0.4 is 9.74 Å². The van der Waals surface area contributed by atoms with Crippen LogP contribution in [0.15, 0.2) is 23.0 Å². The van der Waals surface area contributed by atoms with E-state index in [1.54, 1.807) is 6.07 Å². The Morgan fingerprint density at radius 3 is 2.54 bits per heavy atom. The molecule has 1 atom stereocenters. The lowest BCUT2D eigenvalue weighted by molar-refractivity contribution is -0.0499. The third-order valence-corrected chi connectivity index (χ3v) is 5.36. The third-order valence-electron chi connectivity index (χ3n) is 4.39. The van der Waals surface area contributed by atoms with Crippen LogP contribution in [0.25, 0.3) is 10.9 Å². The predicted molar refractivity (Wildman–Crippen MR) is 87.7 cm³/mol. The molecule has 142 valence electrons. The molecule has 26 heavy (non-hydrogen) atoms. The van der Waals surface area contributed by atoms with Crippen LogP contribution in [0, 0.1) is 6.92 Å². The van der Waals surface area contributed by atoms with Crippen LogP contribution in [-0.4, -0.2) is 31.7 Å². The van der Waals surface area contributed by atoms with Crippen molar-refractivity contribution in [3.63, 3.8) is 0 Å². The van der Waals surface area contributed by atoms with Gasteiger partial charge in [0.05, 0.1) is 12.1 Å². The predicted octanol–water partition coefficient (Wildman–Crippen LogP) is 2.58. The fraction of sp³-hybridized carbons (Fsp3) is 0.438. The molecule has 1 aromatic carbocycles. The fourth-order valence-electron chi connectivity index (χ4n) is 2.97. The van der Waals surface area contributed by atoms with E-state index in [4.69, 9.17) is 4.74 Å². The normalized spacial score (nSPS) is 18.4. The summed E-state index contributed by atoms with van der Waals surface area (Å²) in [7, 11) is -4.37. The van der Waals surface area contributed by atoms with Crippen LogP contribution >= 0.6 is 0 Å². The molecule has 10 heteroatoms. The summed E-state index contributed by atoms with van der Waals surface area (Å²) in [6.07, 6.45) is 0.636. The number of ether oxygens (including phenoxy) is 1. The van der Waals surface area contributed by atoms with Gasteiger partial charge in [-0.2, -0.15) is 21.6 Å². The van der Waals surface area contributed by atoms with Gasteiger partial charge in [0.1, 0.15) is 0 Å². The Labute approximate surface area is 147 Å². The van der Waals surface area contributed by atoms with E-state index < -0.39 is 21.4 Å². The van der Waals surface area contributed by atoms with Crippen molar-refractivity contribution in [3.8, 4) is 5.75 Å². The molecule has 1 fully saturated rings. The molecule has 0 amide bonds. The van der Waals surface area contributed by atoms with Crippen LogP contribution in [0.3, 0.4) is 0 Å². The zero-order valence-corrected chi connectivity index (χ0v) is 14.8. The number of fused-ring (bicyclic) bond motifs is 1. The second-order valence-electron chi connectivity index (χ2n) is 6.19. The van der Waals surface area contributed by atoms with Crippen molar-refractivity contribution < 1.29 is 30.5 Å². The molecule has 1 saturated heterocycles. The summed E-state index contributed by atoms with van der Waals surface area (Å²) in [6.45, 7) is 2.34. The third kappa shape index (κ3) is 3.18. The van der Waals surface area contributed by atoms with Crippen LogP contribution in [0.2, 0.25) is 0 Å². The molecule has 1 aliphatic rings. The van der Waals surface area contributed by atoms with Gasteiger partial charge in [0, 0.05) is 30.5 Å². The topological polar surface area (TPSA) is 74.6 Å². The molecule has 0 saturated carbocycles. The fourth-order valence-corrected chi connectivity index (χ4v) is 3.44. The van der Waals surface area contributed by atoms with Crippen molar-refractivity contribution in [3.05, 3.63) is 39.7 Å². The highest BCUT2D eigenvalue weighted by atomic mass is 32.2. The molecular weight excluding hydrogens is 375 g/mol. The first-order chi connectivity index (χ1) is 12.0. The number of halogens is 3. The molecule has 1 aliphatic heterocycles. The number of pyridine rings is 1. The van der Waals surface area contributed by atoms with Crippen LogP contribution in [0.1, 0.15) is 23.5 Å². The highest BCUT2D eigenvalue weighted by molar-refractivity contribution is 7.88. The van der Waals surface area contributed by atoms with Crippen LogP contribution in [0.5, 0.6) is 5.75 Å². The van der Waals surface area contributed by atoms with E-state index in [1.165, 1.54) is 30.7 Å². The van der Waals surface area contributed by atoms with E-state index in [9.17, 15) is 26.4 Å². The molecule has 0 N–H and O–H groups in total. The highest BCUT2D eigenvalue weighted by Gasteiger charge is 2.48. The number of nitrogens with zero attached hydrogens (tertiary/aromatic N) is 1. The second kappa shape index (κ2) is 6.27. The SMILES string of the molecule is Cc1cc2c(OS(=O)(=O)C(F)(F)F)cc(C3CCOC3)cc2n(C)c1=O. The average molecular weight is 391 g/mol. The van der Waals surface area contributed by atoms with Crippen molar-refractivity contribution >= 4 is 21.0 Å². The minimum absolute atomic E-state index is 0.111. The van der Waals surface area contributed by atoms with Gasteiger partial charge in [-0.3, -0.25) is 4.79 Å². The van der Waals surface area contributed by atoms with Crippen molar-refractivity contribution in [2.24, 2.45) is 7.05 Å². The Hall–Kier alpha value is -2.07. The Morgan fingerprint density at radius 1 is 1.27 bits per heavy atom. The number of hydrogen-bond acceptors (Lipinski definition) is 5. The number of aryl methyl sites for hydroxylation is 2. The molecular formula is C16H16F3NO5S. The van der Waals surface area contributed by atoms with Crippen molar-refractivity contribution in [1.82, 2.24) is 4.57 Å². The molecule has 2 aromatic rings. The number of aromatic nitrogens is 1. The maximum atomic E-state index is 12.8. The standard InChI is InChI=1S/C16H16F3NO5S/c1-9-5-12-13(20(2)15(9)21)6-11(10-3-4-24-8-10)7-14(12)25-26(22,23)16(17,18)19/h5-7,10H,3-4,8H2,1-2H3. The molecule has 1 unspecified atom stereocenters. The summed E-state index contributed by atoms with van der Waals surface area (Å²) in [5, 5.41) is 0.111. The minimum atomic E-state index is -5.84. The van der Waals surface area contributed by atoms with Gasteiger partial charge in [-0.1, -0.05) is 0 Å². The average Bonchev–Trinajstić information content (AvgIpc) is 3.06. The molecule has 2 heterocycles. The number of rotatable bonds is 3. The number of hydrogen-bond donors (Lipinski definition) is 0. The first kappa shape index (κ1) is 18.7. The van der Waals surface area contributed by atoms with Crippen molar-refractivity contribution in [2.45, 2.75) is 24.8 Å². The molecule has 0 spiro atoms. The quantitative estimate of drug-likeness (QED) is 0.594. The summed E-state index contributed by atoms with van der Waals surface area (Å²) >= 11 is 0. The minimum Gasteiger partial charge on any atom is -0.381 e. The van der Waals surface area contributed by atoms with Crippen LogP contribution in [-0.2, 0) is 21.9 Å². The van der Waals surface area contributed by atoms with Gasteiger partial charge in [-0.15, -0.1) is 0 Å². The lowest BCUT2D eigenvalue weighted by Gasteiger charge is -2.17. The Morgan fingerprint density at radius 2 is 1.96 bits per heavy atom. The zero-order valence-electron chi connectivity index (χ0n) is 14.0. The van der Waals surface area contributed by atoms with Gasteiger partial charge < -0.3 is 13.5 Å². The van der Waals surface area contributed by atoms with Gasteiger partial charge >= 0.3 is 15.6 Å². The maximum absolute atomic E-state index is 12.8.